The number of hydrogen-bond donors (Lipinski definition) is 0. The van der Waals surface area contributed by atoms with Gasteiger partial charge in [0.05, 0.1) is 26.6 Å². The maximum absolute atomic E-state index is 11.7. The molecule has 1 unspecified atom stereocenters. The Balaban J connectivity index is 3.13. The fourth-order valence-corrected chi connectivity index (χ4v) is 2.98. The summed E-state index contributed by atoms with van der Waals surface area (Å²) in [5.74, 6) is -2.27. The summed E-state index contributed by atoms with van der Waals surface area (Å²) in [7, 11) is -1.74. The van der Waals surface area contributed by atoms with Crippen molar-refractivity contribution in [2.75, 3.05) is 26.6 Å². The number of carbonyl (C=O) groups is 2. The highest BCUT2D eigenvalue weighted by molar-refractivity contribution is 7.93. The first-order valence-electron chi connectivity index (χ1n) is 4.41. The molecule has 1 rings (SSSR count). The van der Waals surface area contributed by atoms with Gasteiger partial charge in [-0.3, -0.25) is 4.79 Å². The lowest BCUT2D eigenvalue weighted by atomic mass is 10.2. The lowest BCUT2D eigenvalue weighted by Gasteiger charge is -2.22. The van der Waals surface area contributed by atoms with E-state index >= 15 is 0 Å². The van der Waals surface area contributed by atoms with Gasteiger partial charge in [-0.2, -0.15) is 0 Å². The number of ether oxygens (including phenoxy) is 3. The fourth-order valence-electron chi connectivity index (χ4n) is 1.41. The second-order valence-corrected chi connectivity index (χ2v) is 5.46. The zero-order valence-corrected chi connectivity index (χ0v) is 9.70. The molecule has 1 fully saturated rings. The molecule has 8 heteroatoms. The monoisotopic (exact) mass is 252 g/mol. The quantitative estimate of drug-likeness (QED) is 0.586. The van der Waals surface area contributed by atoms with Gasteiger partial charge in [0.2, 0.25) is 0 Å². The summed E-state index contributed by atoms with van der Waals surface area (Å²) >= 11 is 0. The molecular formula is C8H12O7S. The molecule has 1 aliphatic heterocycles. The van der Waals surface area contributed by atoms with Crippen molar-refractivity contribution in [2.24, 2.45) is 0 Å². The van der Waals surface area contributed by atoms with Crippen molar-refractivity contribution in [1.82, 2.24) is 0 Å². The normalized spacial score (nSPS) is 27.4. The summed E-state index contributed by atoms with van der Waals surface area (Å²) in [6, 6.07) is 0. The predicted molar refractivity (Wildman–Crippen MR) is 51.1 cm³/mol. The molecule has 0 bridgehead atoms. The average molecular weight is 252 g/mol. The van der Waals surface area contributed by atoms with Gasteiger partial charge in [-0.05, 0) is 0 Å². The van der Waals surface area contributed by atoms with Crippen molar-refractivity contribution in [3.8, 4) is 0 Å². The Hall–Kier alpha value is -1.15. The lowest BCUT2D eigenvalue weighted by molar-refractivity contribution is -0.163. The van der Waals surface area contributed by atoms with Crippen molar-refractivity contribution < 1.29 is 32.2 Å². The van der Waals surface area contributed by atoms with E-state index in [-0.39, 0.29) is 12.4 Å². The smallest absolute Gasteiger partial charge is 0.354 e. The van der Waals surface area contributed by atoms with Crippen LogP contribution in [-0.4, -0.2) is 51.9 Å². The molecule has 0 aromatic rings. The van der Waals surface area contributed by atoms with Crippen molar-refractivity contribution in [2.45, 2.75) is 11.4 Å². The Morgan fingerprint density at radius 1 is 1.31 bits per heavy atom. The van der Waals surface area contributed by atoms with Crippen LogP contribution in [0.25, 0.3) is 0 Å². The maximum atomic E-state index is 11.7. The Kier molecular flexibility index (Phi) is 3.54. The van der Waals surface area contributed by atoms with Crippen molar-refractivity contribution >= 4 is 21.8 Å². The predicted octanol–water partition coefficient (Wildman–Crippen LogP) is -1.14. The van der Waals surface area contributed by atoms with Crippen LogP contribution in [-0.2, 0) is 33.6 Å². The zero-order valence-electron chi connectivity index (χ0n) is 8.89. The average Bonchev–Trinajstić information content (AvgIpc) is 2.54. The molecule has 92 valence electrons. The SMILES string of the molecule is COC(=O)CC1(C(=O)OC)OCCS1(=O)=O. The first-order valence-corrected chi connectivity index (χ1v) is 6.06. The third kappa shape index (κ3) is 1.90. The van der Waals surface area contributed by atoms with E-state index in [1.165, 1.54) is 0 Å². The summed E-state index contributed by atoms with van der Waals surface area (Å²) in [4.78, 5) is 20.3. The summed E-state index contributed by atoms with van der Waals surface area (Å²) in [6.45, 7) is -0.144. The van der Waals surface area contributed by atoms with Crippen LogP contribution in [0, 0.1) is 0 Å². The van der Waals surface area contributed by atoms with E-state index in [9.17, 15) is 18.0 Å². The van der Waals surface area contributed by atoms with Crippen molar-refractivity contribution in [3.63, 3.8) is 0 Å². The second-order valence-electron chi connectivity index (χ2n) is 3.16. The molecule has 0 spiro atoms. The van der Waals surface area contributed by atoms with Crippen LogP contribution in [0.1, 0.15) is 6.42 Å². The van der Waals surface area contributed by atoms with Crippen molar-refractivity contribution in [3.05, 3.63) is 0 Å². The van der Waals surface area contributed by atoms with Crippen LogP contribution < -0.4 is 0 Å². The molecule has 0 radical (unpaired) electrons. The maximum Gasteiger partial charge on any atom is 0.354 e. The van der Waals surface area contributed by atoms with E-state index in [1.807, 2.05) is 0 Å². The molecule has 1 atom stereocenters. The Morgan fingerprint density at radius 3 is 2.31 bits per heavy atom. The number of hydrogen-bond acceptors (Lipinski definition) is 7. The molecule has 1 heterocycles. The van der Waals surface area contributed by atoms with E-state index in [4.69, 9.17) is 4.74 Å². The van der Waals surface area contributed by atoms with Crippen molar-refractivity contribution in [1.29, 1.82) is 0 Å². The highest BCUT2D eigenvalue weighted by Crippen LogP contribution is 2.31. The van der Waals surface area contributed by atoms with Gasteiger partial charge in [0.15, 0.2) is 9.84 Å². The van der Waals surface area contributed by atoms with Gasteiger partial charge in [-0.15, -0.1) is 0 Å². The summed E-state index contributed by atoms with van der Waals surface area (Å²) in [5, 5.41) is 0. The van der Waals surface area contributed by atoms with Crippen LogP contribution >= 0.6 is 0 Å². The number of esters is 2. The molecule has 16 heavy (non-hydrogen) atoms. The van der Waals surface area contributed by atoms with E-state index in [0.29, 0.717) is 0 Å². The molecule has 0 saturated carbocycles. The Labute approximate surface area is 92.6 Å². The number of methoxy groups -OCH3 is 2. The largest absolute Gasteiger partial charge is 0.469 e. The molecule has 0 aromatic heterocycles. The molecular weight excluding hydrogens is 240 g/mol. The highest BCUT2D eigenvalue weighted by atomic mass is 32.2. The zero-order chi connectivity index (χ0) is 12.4. The fraction of sp³-hybridized carbons (Fsp3) is 0.750. The van der Waals surface area contributed by atoms with Crippen LogP contribution in [0.5, 0.6) is 0 Å². The second kappa shape index (κ2) is 4.38. The third-order valence-electron chi connectivity index (χ3n) is 2.29. The van der Waals surface area contributed by atoms with Gasteiger partial charge in [0.1, 0.15) is 6.42 Å². The molecule has 1 aliphatic rings. The van der Waals surface area contributed by atoms with Crippen LogP contribution in [0.4, 0.5) is 0 Å². The standard InChI is InChI=1S/C8H12O7S/c1-13-6(9)5-8(7(10)14-2)15-3-4-16(8,11)12/h3-5H2,1-2H3. The topological polar surface area (TPSA) is 96.0 Å². The van der Waals surface area contributed by atoms with Crippen LogP contribution in [0.15, 0.2) is 0 Å². The van der Waals surface area contributed by atoms with Gasteiger partial charge in [-0.1, -0.05) is 0 Å². The van der Waals surface area contributed by atoms with E-state index in [0.717, 1.165) is 14.2 Å². The third-order valence-corrected chi connectivity index (χ3v) is 4.43. The van der Waals surface area contributed by atoms with Gasteiger partial charge in [0, 0.05) is 0 Å². The Morgan fingerprint density at radius 2 is 1.94 bits per heavy atom. The summed E-state index contributed by atoms with van der Waals surface area (Å²) in [5.41, 5.74) is 0. The minimum atomic E-state index is -3.86. The minimum Gasteiger partial charge on any atom is -0.469 e. The van der Waals surface area contributed by atoms with E-state index in [2.05, 4.69) is 9.47 Å². The van der Waals surface area contributed by atoms with E-state index < -0.39 is 33.1 Å². The lowest BCUT2D eigenvalue weighted by Crippen LogP contribution is -2.47. The highest BCUT2D eigenvalue weighted by Gasteiger charge is 2.58. The van der Waals surface area contributed by atoms with Gasteiger partial charge < -0.3 is 14.2 Å². The number of carbonyl (C=O) groups excluding carboxylic acids is 2. The number of rotatable bonds is 3. The van der Waals surface area contributed by atoms with Crippen LogP contribution in [0.2, 0.25) is 0 Å². The number of sulfone groups is 1. The van der Waals surface area contributed by atoms with Gasteiger partial charge in [-0.25, -0.2) is 13.2 Å². The summed E-state index contributed by atoms with van der Waals surface area (Å²) < 4.78 is 37.0. The minimum absolute atomic E-state index is 0.144. The van der Waals surface area contributed by atoms with Crippen LogP contribution in [0.3, 0.4) is 0 Å². The molecule has 0 amide bonds. The molecule has 7 nitrogen and oxygen atoms in total. The van der Waals surface area contributed by atoms with E-state index in [1.54, 1.807) is 0 Å². The van der Waals surface area contributed by atoms with Gasteiger partial charge in [0.25, 0.3) is 4.93 Å². The first-order chi connectivity index (χ1) is 7.39. The molecule has 0 aliphatic carbocycles. The first kappa shape index (κ1) is 12.9. The molecule has 0 aromatic carbocycles. The molecule has 0 N–H and O–H groups in total. The Bertz CT molecular complexity index is 399. The van der Waals surface area contributed by atoms with Gasteiger partial charge >= 0.3 is 11.9 Å². The summed E-state index contributed by atoms with van der Waals surface area (Å²) in [6.07, 6.45) is -0.696. The molecule has 1 saturated heterocycles.